The van der Waals surface area contributed by atoms with Gasteiger partial charge in [0.15, 0.2) is 0 Å². The van der Waals surface area contributed by atoms with E-state index in [1.54, 1.807) is 19.4 Å². The molecule has 0 unspecified atom stereocenters. The molecule has 112 valence electrons. The summed E-state index contributed by atoms with van der Waals surface area (Å²) in [6.07, 6.45) is 5.78. The van der Waals surface area contributed by atoms with Gasteiger partial charge in [0, 0.05) is 32.6 Å². The molecule has 0 bridgehead atoms. The first-order chi connectivity index (χ1) is 9.53. The van der Waals surface area contributed by atoms with E-state index in [-0.39, 0.29) is 10.5 Å². The maximum atomic E-state index is 12.4. The number of pyridine rings is 1. The number of rotatable bonds is 7. The van der Waals surface area contributed by atoms with E-state index in [0.29, 0.717) is 18.8 Å². The van der Waals surface area contributed by atoms with E-state index in [4.69, 9.17) is 4.74 Å². The van der Waals surface area contributed by atoms with E-state index in [1.807, 2.05) is 6.92 Å². The molecular formula is C13H21N3O3S. The van der Waals surface area contributed by atoms with Crippen LogP contribution in [0.1, 0.15) is 26.2 Å². The second-order valence-corrected chi connectivity index (χ2v) is 6.70. The molecule has 1 heterocycles. The fraction of sp³-hybridized carbons (Fsp3) is 0.615. The van der Waals surface area contributed by atoms with Crippen molar-refractivity contribution in [3.8, 4) is 0 Å². The first-order valence-electron chi connectivity index (χ1n) is 6.76. The summed E-state index contributed by atoms with van der Waals surface area (Å²) in [6.45, 7) is 2.86. The van der Waals surface area contributed by atoms with Gasteiger partial charge in [0.25, 0.3) is 0 Å². The minimum absolute atomic E-state index is 0.174. The van der Waals surface area contributed by atoms with Crippen molar-refractivity contribution in [2.45, 2.75) is 36.7 Å². The van der Waals surface area contributed by atoms with Crippen molar-refractivity contribution in [2.24, 2.45) is 0 Å². The van der Waals surface area contributed by atoms with E-state index in [0.717, 1.165) is 19.3 Å². The number of nitrogens with zero attached hydrogens (tertiary/aromatic N) is 1. The van der Waals surface area contributed by atoms with Gasteiger partial charge < -0.3 is 10.1 Å². The molecule has 0 atom stereocenters. The third-order valence-corrected chi connectivity index (χ3v) is 5.15. The van der Waals surface area contributed by atoms with Crippen LogP contribution in [0.3, 0.4) is 0 Å². The van der Waals surface area contributed by atoms with Crippen LogP contribution >= 0.6 is 0 Å². The normalized spacial score (nSPS) is 17.5. The number of methoxy groups -OCH3 is 1. The van der Waals surface area contributed by atoms with Gasteiger partial charge in [0.2, 0.25) is 10.0 Å². The van der Waals surface area contributed by atoms with Crippen LogP contribution in [0.4, 0.5) is 5.69 Å². The molecule has 0 saturated heterocycles. The number of anilines is 1. The molecule has 2 N–H and O–H groups in total. The highest BCUT2D eigenvalue weighted by atomic mass is 32.2. The standard InChI is InChI=1S/C13H21N3O3S/c1-3-15-11-5-8-14-9-12(11)20(17,18)16-10-13(19-2)6-4-7-13/h5,8-9,16H,3-4,6-7,10H2,1-2H3,(H,14,15). The second-order valence-electron chi connectivity index (χ2n) is 4.97. The zero-order valence-electron chi connectivity index (χ0n) is 11.8. The zero-order chi connectivity index (χ0) is 14.6. The Morgan fingerprint density at radius 2 is 2.20 bits per heavy atom. The summed E-state index contributed by atoms with van der Waals surface area (Å²) in [6, 6.07) is 1.66. The molecule has 0 spiro atoms. The Balaban J connectivity index is 2.14. The quantitative estimate of drug-likeness (QED) is 0.794. The molecule has 1 fully saturated rings. The smallest absolute Gasteiger partial charge is 0.244 e. The van der Waals surface area contributed by atoms with Gasteiger partial charge in [-0.05, 0) is 32.3 Å². The van der Waals surface area contributed by atoms with Crippen LogP contribution in [-0.4, -0.2) is 39.2 Å². The van der Waals surface area contributed by atoms with Crippen LogP contribution in [0.25, 0.3) is 0 Å². The third kappa shape index (κ3) is 3.11. The molecule has 1 saturated carbocycles. The van der Waals surface area contributed by atoms with E-state index in [9.17, 15) is 8.42 Å². The van der Waals surface area contributed by atoms with Gasteiger partial charge in [-0.1, -0.05) is 0 Å². The Bertz CT molecular complexity index is 550. The molecule has 0 amide bonds. The Morgan fingerprint density at radius 3 is 2.75 bits per heavy atom. The van der Waals surface area contributed by atoms with Crippen molar-refractivity contribution in [1.29, 1.82) is 0 Å². The lowest BCUT2D eigenvalue weighted by molar-refractivity contribution is -0.0659. The molecule has 0 radical (unpaired) electrons. The van der Waals surface area contributed by atoms with Gasteiger partial charge in [0.05, 0.1) is 11.3 Å². The molecular weight excluding hydrogens is 278 g/mol. The fourth-order valence-corrected chi connectivity index (χ4v) is 3.50. The largest absolute Gasteiger partial charge is 0.384 e. The molecule has 7 heteroatoms. The minimum Gasteiger partial charge on any atom is -0.384 e. The zero-order valence-corrected chi connectivity index (χ0v) is 12.7. The third-order valence-electron chi connectivity index (χ3n) is 3.72. The van der Waals surface area contributed by atoms with Crippen molar-refractivity contribution in [1.82, 2.24) is 9.71 Å². The predicted molar refractivity (Wildman–Crippen MR) is 77.2 cm³/mol. The Kier molecular flexibility index (Phi) is 4.62. The average Bonchev–Trinajstić information content (AvgIpc) is 2.39. The van der Waals surface area contributed by atoms with Crippen molar-refractivity contribution in [2.75, 3.05) is 25.5 Å². The van der Waals surface area contributed by atoms with Crippen molar-refractivity contribution in [3.63, 3.8) is 0 Å². The molecule has 2 rings (SSSR count). The van der Waals surface area contributed by atoms with Gasteiger partial charge >= 0.3 is 0 Å². The summed E-state index contributed by atoms with van der Waals surface area (Å²) in [5.74, 6) is 0. The van der Waals surface area contributed by atoms with Crippen LogP contribution in [0.2, 0.25) is 0 Å². The van der Waals surface area contributed by atoms with Crippen molar-refractivity contribution in [3.05, 3.63) is 18.5 Å². The highest BCUT2D eigenvalue weighted by Crippen LogP contribution is 2.34. The maximum absolute atomic E-state index is 12.4. The van der Waals surface area contributed by atoms with Crippen LogP contribution < -0.4 is 10.0 Å². The summed E-state index contributed by atoms with van der Waals surface area (Å²) in [5.41, 5.74) is 0.225. The molecule has 0 aromatic carbocycles. The van der Waals surface area contributed by atoms with Gasteiger partial charge in [0.1, 0.15) is 4.90 Å². The molecule has 20 heavy (non-hydrogen) atoms. The number of aromatic nitrogens is 1. The van der Waals surface area contributed by atoms with Crippen LogP contribution in [-0.2, 0) is 14.8 Å². The lowest BCUT2D eigenvalue weighted by atomic mass is 9.80. The highest BCUT2D eigenvalue weighted by Gasteiger charge is 2.38. The number of nitrogens with one attached hydrogen (secondary N) is 2. The molecule has 0 aliphatic heterocycles. The van der Waals surface area contributed by atoms with Crippen LogP contribution in [0.5, 0.6) is 0 Å². The first-order valence-corrected chi connectivity index (χ1v) is 8.24. The molecule has 1 aromatic heterocycles. The SMILES string of the molecule is CCNc1ccncc1S(=O)(=O)NCC1(OC)CCC1. The van der Waals surface area contributed by atoms with Gasteiger partial charge in [-0.2, -0.15) is 0 Å². The predicted octanol–water partition coefficient (Wildman–Crippen LogP) is 1.36. The Labute approximate surface area is 120 Å². The lowest BCUT2D eigenvalue weighted by Crippen LogP contribution is -2.49. The van der Waals surface area contributed by atoms with Crippen LogP contribution in [0.15, 0.2) is 23.4 Å². The number of sulfonamides is 1. The molecule has 1 aliphatic rings. The van der Waals surface area contributed by atoms with Gasteiger partial charge in [-0.25, -0.2) is 13.1 Å². The van der Waals surface area contributed by atoms with E-state index >= 15 is 0 Å². The minimum atomic E-state index is -3.59. The summed E-state index contributed by atoms with van der Waals surface area (Å²) in [5, 5.41) is 3.03. The second kappa shape index (κ2) is 6.07. The van der Waals surface area contributed by atoms with Gasteiger partial charge in [-0.3, -0.25) is 4.98 Å². The van der Waals surface area contributed by atoms with E-state index in [2.05, 4.69) is 15.0 Å². The molecule has 1 aliphatic carbocycles. The fourth-order valence-electron chi connectivity index (χ4n) is 2.26. The molecule has 1 aromatic rings. The summed E-state index contributed by atoms with van der Waals surface area (Å²) in [4.78, 5) is 4.08. The Morgan fingerprint density at radius 1 is 1.45 bits per heavy atom. The van der Waals surface area contributed by atoms with Crippen LogP contribution in [0, 0.1) is 0 Å². The number of hydrogen-bond acceptors (Lipinski definition) is 5. The topological polar surface area (TPSA) is 80.3 Å². The summed E-state index contributed by atoms with van der Waals surface area (Å²) >= 11 is 0. The lowest BCUT2D eigenvalue weighted by Gasteiger charge is -2.40. The maximum Gasteiger partial charge on any atom is 0.244 e. The summed E-state index contributed by atoms with van der Waals surface area (Å²) < 4.78 is 32.8. The average molecular weight is 299 g/mol. The highest BCUT2D eigenvalue weighted by molar-refractivity contribution is 7.89. The molecule has 6 nitrogen and oxygen atoms in total. The van der Waals surface area contributed by atoms with E-state index in [1.165, 1.54) is 6.20 Å². The van der Waals surface area contributed by atoms with Gasteiger partial charge in [-0.15, -0.1) is 0 Å². The summed E-state index contributed by atoms with van der Waals surface area (Å²) in [7, 11) is -1.96. The van der Waals surface area contributed by atoms with Crippen molar-refractivity contribution < 1.29 is 13.2 Å². The number of ether oxygens (including phenoxy) is 1. The number of hydrogen-bond donors (Lipinski definition) is 2. The van der Waals surface area contributed by atoms with Crippen molar-refractivity contribution >= 4 is 15.7 Å². The Hall–Kier alpha value is -1.18. The van der Waals surface area contributed by atoms with E-state index < -0.39 is 10.0 Å². The monoisotopic (exact) mass is 299 g/mol. The first kappa shape index (κ1) is 15.2.